The van der Waals surface area contributed by atoms with Gasteiger partial charge in [0.2, 0.25) is 0 Å². The molecule has 0 aromatic heterocycles. The Hall–Kier alpha value is -0.0100. The van der Waals surface area contributed by atoms with E-state index < -0.39 is 0 Å². The lowest BCUT2D eigenvalue weighted by Gasteiger charge is -2.41. The van der Waals surface area contributed by atoms with E-state index in [-0.39, 0.29) is 29.7 Å². The molecule has 0 spiro atoms. The zero-order valence-electron chi connectivity index (χ0n) is 81.9. The minimum Gasteiger partial charge on any atom is -0.379 e. The summed E-state index contributed by atoms with van der Waals surface area (Å²) < 4.78 is 5.21. The average molecular weight is 1520 g/mol. The Balaban J connectivity index is -0.0000000323. The quantitative estimate of drug-likeness (QED) is 0.246. The van der Waals surface area contributed by atoms with E-state index in [1.807, 2.05) is 289 Å². The summed E-state index contributed by atoms with van der Waals surface area (Å²) in [4.78, 5) is 20.3. The topological polar surface area (TPSA) is 35.2 Å². The van der Waals surface area contributed by atoms with E-state index in [4.69, 9.17) is 4.74 Å². The van der Waals surface area contributed by atoms with Crippen molar-refractivity contribution in [3.63, 3.8) is 0 Å². The maximum atomic E-state index is 5.21. The lowest BCUT2D eigenvalue weighted by atomic mass is 9.99. The van der Waals surface area contributed by atoms with E-state index in [1.165, 1.54) is 161 Å². The molecule has 103 heavy (non-hydrogen) atoms. The molecule has 7 saturated heterocycles. The Morgan fingerprint density at radius 1 is 0.233 bits per heavy atom. The number of likely N-dealkylation sites (tertiary alicyclic amines) is 4. The molecule has 0 radical (unpaired) electrons. The third-order valence-corrected chi connectivity index (χ3v) is 14.7. The molecule has 0 N–H and O–H groups in total. The van der Waals surface area contributed by atoms with Crippen molar-refractivity contribution >= 4 is 11.8 Å². The van der Waals surface area contributed by atoms with E-state index in [1.54, 1.807) is 0 Å². The lowest BCUT2D eigenvalue weighted by Crippen LogP contribution is -2.48. The highest BCUT2D eigenvalue weighted by atomic mass is 32.2. The third-order valence-electron chi connectivity index (χ3n) is 13.7. The molecule has 7 rings (SSSR count). The Morgan fingerprint density at radius 3 is 0.631 bits per heavy atom. The van der Waals surface area contributed by atoms with Crippen LogP contribution in [0.15, 0.2) is 0 Å². The van der Waals surface area contributed by atoms with Crippen LogP contribution in [0.5, 0.6) is 0 Å². The number of hydrogen-bond donors (Lipinski definition) is 0. The molecule has 0 aromatic carbocycles. The van der Waals surface area contributed by atoms with Gasteiger partial charge in [0.25, 0.3) is 0 Å². The SMILES string of the molecule is C.C.C.C.CC.CC.CC.CC.CC.CC.CC.CC.CC.CC.CC.CC.CC.CC.CC.CC.CC.CC.CC.CC.CC(C)N1CCC(N2CCCCC2)CC1.CC(C)N1CCCC1.CC(C)N1CCCCC1.CC(C)N1CCN(C)CC1.CC(C)N1CCOCC1.CC(C)N1CCSC1. The summed E-state index contributed by atoms with van der Waals surface area (Å²) in [6, 6.07) is 5.36. The fourth-order valence-electron chi connectivity index (χ4n) is 9.01. The third kappa shape index (κ3) is 138. The number of morpholine rings is 1. The van der Waals surface area contributed by atoms with Gasteiger partial charge in [-0.05, 0) is 194 Å². The molecule has 664 valence electrons. The van der Waals surface area contributed by atoms with Crippen LogP contribution in [0.25, 0.3) is 0 Å². The molecule has 7 fully saturated rings. The first-order valence-corrected chi connectivity index (χ1v) is 46.4. The number of hydrogen-bond acceptors (Lipinski definition) is 10. The van der Waals surface area contributed by atoms with E-state index >= 15 is 0 Å². The van der Waals surface area contributed by atoms with Gasteiger partial charge in [-0.1, -0.05) is 319 Å². The van der Waals surface area contributed by atoms with E-state index in [2.05, 4.69) is 129 Å². The normalized spacial score (nSPS) is 15.1. The highest BCUT2D eigenvalue weighted by molar-refractivity contribution is 7.99. The second-order valence-corrected chi connectivity index (χ2v) is 21.2. The predicted molar refractivity (Wildman–Crippen MR) is 516 cm³/mol. The molecule has 0 saturated carbocycles. The number of nitrogens with zero attached hydrogens (tertiary/aromatic N) is 8. The monoisotopic (exact) mass is 1520 g/mol. The molecular weight excluding hydrogens is 1280 g/mol. The molecule has 0 bridgehead atoms. The zero-order valence-corrected chi connectivity index (χ0v) is 82.8. The predicted octanol–water partition coefficient (Wildman–Crippen LogP) is 31.6. The van der Waals surface area contributed by atoms with E-state index in [9.17, 15) is 0 Å². The summed E-state index contributed by atoms with van der Waals surface area (Å²) >= 11 is 2.04. The van der Waals surface area contributed by atoms with Gasteiger partial charge in [-0.15, -0.1) is 11.8 Å². The maximum Gasteiger partial charge on any atom is 0.0594 e. The number of rotatable bonds is 7. The van der Waals surface area contributed by atoms with Crippen molar-refractivity contribution in [3.05, 3.63) is 0 Å². The summed E-state index contributed by atoms with van der Waals surface area (Å²) in [5.41, 5.74) is 0. The van der Waals surface area contributed by atoms with Crippen molar-refractivity contribution in [2.45, 2.75) is 496 Å². The molecule has 0 unspecified atom stereocenters. The van der Waals surface area contributed by atoms with E-state index in [0.717, 1.165) is 62.6 Å². The Labute approximate surface area is 678 Å². The highest BCUT2D eigenvalue weighted by Crippen LogP contribution is 2.22. The van der Waals surface area contributed by atoms with Gasteiger partial charge in [0.1, 0.15) is 0 Å². The summed E-state index contributed by atoms with van der Waals surface area (Å²) in [5, 5.41) is 0. The van der Waals surface area contributed by atoms with Gasteiger partial charge in [0.05, 0.1) is 13.2 Å². The molecule has 0 aromatic rings. The van der Waals surface area contributed by atoms with Crippen LogP contribution < -0.4 is 0 Å². The fourth-order valence-corrected chi connectivity index (χ4v) is 10.2. The number of piperazine rings is 1. The Bertz CT molecular complexity index is 906. The summed E-state index contributed by atoms with van der Waals surface area (Å²) in [6.45, 7) is 128. The highest BCUT2D eigenvalue weighted by Gasteiger charge is 2.26. The van der Waals surface area contributed by atoms with Crippen LogP contribution in [0.1, 0.15) is 454 Å². The summed E-state index contributed by atoms with van der Waals surface area (Å²) in [5.74, 6) is 2.58. The van der Waals surface area contributed by atoms with Gasteiger partial charge in [0, 0.05) is 99.7 Å². The molecule has 0 aliphatic carbocycles. The first-order chi connectivity index (χ1) is 48.2. The van der Waals surface area contributed by atoms with Gasteiger partial charge in [0.15, 0.2) is 0 Å². The van der Waals surface area contributed by atoms with E-state index in [0.29, 0.717) is 6.04 Å². The fraction of sp³-hybridized carbons (Fsp3) is 1.00. The van der Waals surface area contributed by atoms with Crippen LogP contribution in [0.4, 0.5) is 0 Å². The Kier molecular flexibility index (Phi) is 293. The van der Waals surface area contributed by atoms with Gasteiger partial charge >= 0.3 is 0 Å². The van der Waals surface area contributed by atoms with Crippen LogP contribution in [-0.4, -0.2) is 212 Å². The molecule has 0 atom stereocenters. The van der Waals surface area contributed by atoms with Crippen LogP contribution in [-0.2, 0) is 4.74 Å². The summed E-state index contributed by atoms with van der Waals surface area (Å²) in [6.07, 6.45) is 14.2. The zero-order chi connectivity index (χ0) is 83.6. The van der Waals surface area contributed by atoms with Crippen molar-refractivity contribution in [2.75, 3.05) is 130 Å². The van der Waals surface area contributed by atoms with Crippen LogP contribution in [0.2, 0.25) is 0 Å². The number of likely N-dealkylation sites (N-methyl/N-ethyl adjacent to an activating group) is 1. The van der Waals surface area contributed by atoms with Gasteiger partial charge < -0.3 is 29.2 Å². The van der Waals surface area contributed by atoms with Gasteiger partial charge in [-0.3, -0.25) is 14.7 Å². The molecule has 7 aliphatic rings. The maximum absolute atomic E-state index is 5.21. The van der Waals surface area contributed by atoms with Crippen molar-refractivity contribution < 1.29 is 4.74 Å². The van der Waals surface area contributed by atoms with Crippen molar-refractivity contribution in [1.29, 1.82) is 0 Å². The van der Waals surface area contributed by atoms with Crippen molar-refractivity contribution in [2.24, 2.45) is 0 Å². The standard InChI is InChI=1S/C13H26N2.C8H18N2.C8H17N.C7H15NO.C7H15N.C6H13NS.20C2H6.4CH4/c1-12(2)14-10-6-13(7-11-14)15-8-4-3-5-9-15;1-8(2)10-6-4-9(3)5-7-10;1-8(2)9-6-4-3-5-7-9;1-7(2)8-3-5-9-6-4-8;1-7(2)8-5-3-4-6-8;1-6(2)7-3-4-8-5-7;20*1-2;;;;/h12-13H,3-11H2,1-2H3;8H,4-7H2,1-3H3;8H,3-7H2,1-2H3;7H,3-6H2,1-2H3;7H,3-6H2,1-2H3;6H,3-5H2,1-2H3;20*1-2H3;4*1H4. The Morgan fingerprint density at radius 2 is 0.437 bits per heavy atom. The largest absolute Gasteiger partial charge is 0.379 e. The first kappa shape index (κ1) is 167. The minimum absolute atomic E-state index is 0. The molecule has 10 heteroatoms. The van der Waals surface area contributed by atoms with Crippen molar-refractivity contribution in [1.82, 2.24) is 39.2 Å². The number of thioether (sulfide) groups is 1. The lowest BCUT2D eigenvalue weighted by molar-refractivity contribution is 0.0238. The number of piperidine rings is 3. The first-order valence-electron chi connectivity index (χ1n) is 45.2. The second-order valence-electron chi connectivity index (χ2n) is 20.1. The molecule has 9 nitrogen and oxygen atoms in total. The summed E-state index contributed by atoms with van der Waals surface area (Å²) in [7, 11) is 2.19. The molecule has 7 aliphatic heterocycles. The van der Waals surface area contributed by atoms with Crippen molar-refractivity contribution in [3.8, 4) is 0 Å². The average Bonchev–Trinajstić information content (AvgIpc) is 1.44. The van der Waals surface area contributed by atoms with Crippen LogP contribution in [0.3, 0.4) is 0 Å². The van der Waals surface area contributed by atoms with Crippen LogP contribution >= 0.6 is 11.8 Å². The smallest absolute Gasteiger partial charge is 0.0594 e. The molecular formula is C93H240N8OS. The van der Waals surface area contributed by atoms with Gasteiger partial charge in [-0.25, -0.2) is 0 Å². The molecule has 0 amide bonds. The van der Waals surface area contributed by atoms with Crippen LogP contribution in [0, 0.1) is 0 Å². The minimum atomic E-state index is 0. The van der Waals surface area contributed by atoms with Gasteiger partial charge in [-0.2, -0.15) is 0 Å². The molecule has 7 heterocycles. The second kappa shape index (κ2) is 180. The number of ether oxygens (including phenoxy) is 1.